The fraction of sp³-hybridized carbons (Fsp3) is 0.133. The standard InChI is InChI=1S/C22H21NO.2C21H15N.C13H11NO.C12H8BrNO.C10H15BO2.C8H8O.6CH4.3ClH.Ir/c1-22(2,3)19-12-9-16(10-13-19)20-14-11-18(15-23-20)21(24)17-7-5-4-6-8-17;2*1-3-9-16(10-4-1)19-15-21(17-11-5-2-6-12-17)22-20-14-8-7-13-18(19)20;14-12-9-5-4-8-11(12)13(15)10-6-2-1-3-7-10;13-11-7-6-10(8-14-11)12(15)9-4-2-1-3-5-9;1-10(2,3)8-4-6-9(7-5-8)11(12)13;1-7(9)8-5-3-2-4-6-8;;;;;;;;;;/h4-15H,1-3H3;2*1-15H;1-9H,14H2;1-8H;4-7,12-13H,1-3H3;2-6H,1H3;6*1H4;3*1H;/q;;;;;;;;;;;;;;;;+3/p-3. The minimum absolute atomic E-state index is 0. The molecule has 0 aliphatic heterocycles. The van der Waals surface area contributed by atoms with E-state index in [2.05, 4.69) is 213 Å². The number of aromatic nitrogens is 4. The Morgan fingerprint density at radius 1 is 0.331 bits per heavy atom. The van der Waals surface area contributed by atoms with Gasteiger partial charge in [0.05, 0.1) is 28.1 Å². The predicted octanol–water partition coefficient (Wildman–Crippen LogP) is 30.4. The first-order valence-corrected chi connectivity index (χ1v) is 49.5. The molecule has 17 heteroatoms. The first kappa shape index (κ1) is 110. The molecular formula is C113H117BBrCl3IrN5O6. The molecule has 0 radical (unpaired) electrons. The number of nitrogens with two attached hydrogens (primary N) is 1. The Kier molecular flexibility index (Phi) is 46.7. The second kappa shape index (κ2) is 55.4. The van der Waals surface area contributed by atoms with Crippen molar-refractivity contribution in [3.05, 3.63) is 467 Å². The molecule has 670 valence electrons. The van der Waals surface area contributed by atoms with Crippen molar-refractivity contribution in [1.82, 2.24) is 19.9 Å². The third-order valence-corrected chi connectivity index (χ3v) is 19.8. The number of anilines is 1. The molecule has 0 spiro atoms. The SMILES string of the molecule is C.C.C.C.C.C.CC(=O)c1ccccc1.CC(C)(C)c1ccc(-c2ccc(C(=O)c3ccccc3)cn2)cc1.CC(C)(C)c1ccc(B(O)O)cc1.Nc1ccccc1C(=O)c1ccccc1.O=C(c1ccccc1)c1ccc(Br)nc1.[Cl][Ir]([Cl])[Cl].c1ccc(-c2cc(-c3ccccc3)c3ccccc3n2)cc1.c1ccc(-c2cc(-c3ccccc3)c3ccccc3n2)cc1. The number of carbonyl (C=O) groups excluding carboxylic acids is 4. The molecule has 4 aromatic heterocycles. The number of halogens is 4. The summed E-state index contributed by atoms with van der Waals surface area (Å²) in [7, 11) is 13.6. The van der Waals surface area contributed by atoms with Crippen LogP contribution in [0, 0.1) is 0 Å². The third kappa shape index (κ3) is 33.5. The van der Waals surface area contributed by atoms with Crippen LogP contribution in [0.15, 0.2) is 417 Å². The average Bonchev–Trinajstić information content (AvgIpc) is 0.785. The Labute approximate surface area is 797 Å². The van der Waals surface area contributed by atoms with Gasteiger partial charge in [-0.1, -0.05) is 426 Å². The van der Waals surface area contributed by atoms with Crippen molar-refractivity contribution in [2.24, 2.45) is 0 Å². The molecule has 4 N–H and O–H groups in total. The van der Waals surface area contributed by atoms with E-state index in [0.29, 0.717) is 44.5 Å². The number of fused-ring (bicyclic) bond motifs is 2. The van der Waals surface area contributed by atoms with Gasteiger partial charge in [-0.25, -0.2) is 15.0 Å². The minimum atomic E-state index is -1.92. The summed E-state index contributed by atoms with van der Waals surface area (Å²) in [5, 5.41) is 20.1. The number of rotatable bonds is 13. The van der Waals surface area contributed by atoms with E-state index < -0.39 is 20.6 Å². The summed E-state index contributed by atoms with van der Waals surface area (Å²) in [5.74, 6) is 0.0811. The van der Waals surface area contributed by atoms with Crippen molar-refractivity contribution >= 4 is 108 Å². The number of ketones is 4. The van der Waals surface area contributed by atoms with Crippen LogP contribution in [0.25, 0.3) is 77.8 Å². The van der Waals surface area contributed by atoms with Gasteiger partial charge in [-0.15, -0.1) is 0 Å². The molecule has 0 fully saturated rings. The Hall–Kier alpha value is -12.6. The number of carbonyl (C=O) groups is 4. The number of nitrogens with zero attached hydrogens (tertiary/aromatic N) is 4. The van der Waals surface area contributed by atoms with E-state index in [4.69, 9.17) is 54.5 Å². The second-order valence-electron chi connectivity index (χ2n) is 30.2. The first-order valence-electron chi connectivity index (χ1n) is 39.8. The number of Topliss-reactive ketones (excluding diaryl/α,β-unsaturated/α-hetero) is 1. The van der Waals surface area contributed by atoms with Crippen LogP contribution in [0.5, 0.6) is 0 Å². The quantitative estimate of drug-likeness (QED) is 0.0432. The Morgan fingerprint density at radius 2 is 0.631 bits per heavy atom. The molecule has 130 heavy (non-hydrogen) atoms. The predicted molar refractivity (Wildman–Crippen MR) is 555 cm³/mol. The van der Waals surface area contributed by atoms with E-state index in [0.717, 1.165) is 55.0 Å². The maximum Gasteiger partial charge on any atom is 0.0715 e. The summed E-state index contributed by atoms with van der Waals surface area (Å²) in [6.45, 7) is 14.5. The summed E-state index contributed by atoms with van der Waals surface area (Å²) < 4.78 is 0.729. The van der Waals surface area contributed by atoms with Crippen LogP contribution in [0.3, 0.4) is 0 Å². The van der Waals surface area contributed by atoms with E-state index in [1.165, 1.54) is 44.2 Å². The van der Waals surface area contributed by atoms with Gasteiger partial charge in [-0.05, 0) is 133 Å². The molecule has 17 aromatic rings. The summed E-state index contributed by atoms with van der Waals surface area (Å²) in [6, 6.07) is 130. The van der Waals surface area contributed by atoms with Crippen molar-refractivity contribution in [2.45, 2.75) is 104 Å². The van der Waals surface area contributed by atoms with Crippen LogP contribution in [-0.2, 0) is 24.3 Å². The molecule has 0 amide bonds. The molecule has 0 aliphatic rings. The van der Waals surface area contributed by atoms with E-state index >= 15 is 0 Å². The first-order chi connectivity index (χ1) is 59.8. The summed E-state index contributed by atoms with van der Waals surface area (Å²) >= 11 is 1.31. The largest absolute Gasteiger partial charge is 0.248 e. The van der Waals surface area contributed by atoms with Gasteiger partial charge in [-0.2, -0.15) is 0 Å². The van der Waals surface area contributed by atoms with Crippen molar-refractivity contribution in [3.8, 4) is 56.0 Å². The average molecular weight is 2030 g/mol. The number of hydrogen-bond acceptors (Lipinski definition) is 11. The molecular weight excluding hydrogens is 1910 g/mol. The molecule has 0 saturated carbocycles. The van der Waals surface area contributed by atoms with Gasteiger partial charge in [-0.3, -0.25) is 24.2 Å². The van der Waals surface area contributed by atoms with Crippen LogP contribution in [0.2, 0.25) is 0 Å². The van der Waals surface area contributed by atoms with Crippen LogP contribution in [0.1, 0.15) is 162 Å². The maximum atomic E-state index is 12.4. The van der Waals surface area contributed by atoms with Crippen LogP contribution < -0.4 is 11.2 Å². The van der Waals surface area contributed by atoms with Gasteiger partial charge in [0.25, 0.3) is 0 Å². The molecule has 0 saturated heterocycles. The molecule has 0 atom stereocenters. The van der Waals surface area contributed by atoms with Gasteiger partial charge < -0.3 is 15.8 Å². The summed E-state index contributed by atoms with van der Waals surface area (Å²) in [6.07, 6.45) is 3.22. The normalized spacial score (nSPS) is 10.1. The van der Waals surface area contributed by atoms with Gasteiger partial charge in [0, 0.05) is 84.5 Å². The zero-order chi connectivity index (χ0) is 88.4. The van der Waals surface area contributed by atoms with E-state index in [1.54, 1.807) is 80.0 Å². The number of pyridine rings is 4. The number of hydrogen-bond donors (Lipinski definition) is 3. The van der Waals surface area contributed by atoms with Crippen LogP contribution in [0.4, 0.5) is 5.69 Å². The van der Waals surface area contributed by atoms with Gasteiger partial charge in [0.2, 0.25) is 0 Å². The Balaban J connectivity index is 0.000000318. The third-order valence-electron chi connectivity index (χ3n) is 19.4. The van der Waals surface area contributed by atoms with Gasteiger partial charge in [0.1, 0.15) is 4.60 Å². The summed E-state index contributed by atoms with van der Waals surface area (Å²) in [5.41, 5.74) is 27.3. The van der Waals surface area contributed by atoms with Crippen molar-refractivity contribution in [2.75, 3.05) is 5.73 Å². The molecule has 13 aromatic carbocycles. The zero-order valence-corrected chi connectivity index (χ0v) is 75.8. The monoisotopic (exact) mass is 2030 g/mol. The Bertz CT molecular complexity index is 6060. The summed E-state index contributed by atoms with van der Waals surface area (Å²) in [4.78, 5) is 65.1. The van der Waals surface area contributed by atoms with Gasteiger partial charge >= 0.3 is 49.3 Å². The van der Waals surface area contributed by atoms with Crippen molar-refractivity contribution < 1.29 is 42.7 Å². The van der Waals surface area contributed by atoms with E-state index in [1.807, 2.05) is 194 Å². The molecule has 0 unspecified atom stereocenters. The number of para-hydroxylation sites is 3. The topological polar surface area (TPSA) is 186 Å². The molecule has 17 rings (SSSR count). The maximum absolute atomic E-state index is 12.4. The van der Waals surface area contributed by atoms with E-state index in [-0.39, 0.29) is 78.5 Å². The smallest absolute Gasteiger partial charge is 0.0715 e. The fourth-order valence-electron chi connectivity index (χ4n) is 12.7. The second-order valence-corrected chi connectivity index (χ2v) is 41.4. The van der Waals surface area contributed by atoms with Crippen LogP contribution in [-0.4, -0.2) is 60.2 Å². The van der Waals surface area contributed by atoms with E-state index in [9.17, 15) is 19.2 Å². The van der Waals surface area contributed by atoms with Crippen molar-refractivity contribution in [3.63, 3.8) is 0 Å². The fourth-order valence-corrected chi connectivity index (χ4v) is 13.0. The Morgan fingerprint density at radius 3 is 0.954 bits per heavy atom. The van der Waals surface area contributed by atoms with Gasteiger partial charge in [0.15, 0.2) is 23.1 Å². The molecule has 4 heterocycles. The number of nitrogen functional groups attached to an aromatic ring is 1. The zero-order valence-electron chi connectivity index (χ0n) is 69.6. The number of benzene rings is 13. The molecule has 11 nitrogen and oxygen atoms in total. The molecule has 0 bridgehead atoms. The van der Waals surface area contributed by atoms with Crippen LogP contribution >= 0.6 is 44.7 Å². The minimum Gasteiger partial charge on any atom is -0.248 e. The molecule has 0 aliphatic carbocycles. The van der Waals surface area contributed by atoms with Crippen molar-refractivity contribution in [1.29, 1.82) is 0 Å².